The molecule has 100 valence electrons. The van der Waals surface area contributed by atoms with E-state index < -0.39 is 0 Å². The summed E-state index contributed by atoms with van der Waals surface area (Å²) in [4.78, 5) is 12.9. The van der Waals surface area contributed by atoms with Gasteiger partial charge in [0.1, 0.15) is 10.6 Å². The minimum Gasteiger partial charge on any atom is -0.465 e. The van der Waals surface area contributed by atoms with Crippen LogP contribution >= 0.6 is 23.3 Å². The van der Waals surface area contributed by atoms with Crippen LogP contribution in [-0.2, 0) is 4.74 Å². The van der Waals surface area contributed by atoms with Crippen molar-refractivity contribution in [1.82, 2.24) is 4.37 Å². The van der Waals surface area contributed by atoms with E-state index in [-0.39, 0.29) is 5.97 Å². The zero-order valence-corrected chi connectivity index (χ0v) is 12.5. The van der Waals surface area contributed by atoms with Crippen molar-refractivity contribution in [3.8, 4) is 10.4 Å². The third-order valence-electron chi connectivity index (χ3n) is 2.53. The summed E-state index contributed by atoms with van der Waals surface area (Å²) in [5, 5.41) is 0.776. The Balaban J connectivity index is 2.44. The van der Waals surface area contributed by atoms with Gasteiger partial charge in [-0.05, 0) is 29.3 Å². The number of hydrogen-bond donors (Lipinski definition) is 0. The Hall–Kier alpha value is -1.33. The number of carbonyl (C=O) groups excluding carboxylic acids is 1. The second-order valence-electron chi connectivity index (χ2n) is 3.90. The summed E-state index contributed by atoms with van der Waals surface area (Å²) in [6, 6.07) is 9.82. The summed E-state index contributed by atoms with van der Waals surface area (Å²) in [6.07, 6.45) is 1.05. The molecule has 0 spiro atoms. The molecule has 0 fully saturated rings. The van der Waals surface area contributed by atoms with E-state index in [1.807, 2.05) is 30.3 Å². The van der Waals surface area contributed by atoms with Crippen LogP contribution in [-0.4, -0.2) is 23.2 Å². The number of thioether (sulfide) groups is 1. The average molecular weight is 293 g/mol. The topological polar surface area (TPSA) is 39.2 Å². The van der Waals surface area contributed by atoms with Gasteiger partial charge in [-0.2, -0.15) is 4.37 Å². The van der Waals surface area contributed by atoms with Crippen LogP contribution in [0, 0.1) is 0 Å². The van der Waals surface area contributed by atoms with Gasteiger partial charge in [0, 0.05) is 0 Å². The van der Waals surface area contributed by atoms with Gasteiger partial charge in [0.15, 0.2) is 0 Å². The largest absolute Gasteiger partial charge is 0.465 e. The Morgan fingerprint density at radius 1 is 1.37 bits per heavy atom. The van der Waals surface area contributed by atoms with Gasteiger partial charge in [0.2, 0.25) is 0 Å². The molecule has 0 unspecified atom stereocenters. The number of ether oxygens (including phenoxy) is 1. The van der Waals surface area contributed by atoms with Gasteiger partial charge in [-0.15, -0.1) is 11.8 Å². The lowest BCUT2D eigenvalue weighted by atomic mass is 10.1. The third kappa shape index (κ3) is 3.16. The molecule has 0 atom stereocenters. The van der Waals surface area contributed by atoms with Crippen molar-refractivity contribution in [3.63, 3.8) is 0 Å². The van der Waals surface area contributed by atoms with E-state index in [1.165, 1.54) is 18.6 Å². The predicted octanol–water partition coefficient (Wildman–Crippen LogP) is 4.10. The molecule has 0 aliphatic rings. The van der Waals surface area contributed by atoms with Gasteiger partial charge in [0.05, 0.1) is 12.0 Å². The number of esters is 1. The fraction of sp³-hybridized carbons (Fsp3) is 0.286. The average Bonchev–Trinajstić information content (AvgIpc) is 2.89. The summed E-state index contributed by atoms with van der Waals surface area (Å²) in [6.45, 7) is 2.11. The fourth-order valence-electron chi connectivity index (χ4n) is 1.64. The lowest BCUT2D eigenvalue weighted by Crippen LogP contribution is -2.03. The lowest BCUT2D eigenvalue weighted by Gasteiger charge is -2.03. The molecule has 2 aromatic rings. The summed E-state index contributed by atoms with van der Waals surface area (Å²) in [7, 11) is 1.41. The first-order chi connectivity index (χ1) is 9.27. The van der Waals surface area contributed by atoms with E-state index >= 15 is 0 Å². The van der Waals surface area contributed by atoms with Crippen LogP contribution in [0.15, 0.2) is 35.4 Å². The lowest BCUT2D eigenvalue weighted by molar-refractivity contribution is 0.0598. The minimum atomic E-state index is -0.314. The number of nitrogens with zero attached hydrogens (tertiary/aromatic N) is 1. The maximum absolute atomic E-state index is 12.0. The van der Waals surface area contributed by atoms with E-state index in [2.05, 4.69) is 11.3 Å². The molecule has 0 saturated carbocycles. The number of carbonyl (C=O) groups is 1. The molecule has 0 bridgehead atoms. The van der Waals surface area contributed by atoms with Crippen LogP contribution in [0.5, 0.6) is 0 Å². The summed E-state index contributed by atoms with van der Waals surface area (Å²) >= 11 is 2.96. The Labute approximate surface area is 121 Å². The number of rotatable bonds is 5. The van der Waals surface area contributed by atoms with Crippen molar-refractivity contribution in [3.05, 3.63) is 35.9 Å². The Bertz CT molecular complexity index is 552. The van der Waals surface area contributed by atoms with Crippen LogP contribution in [0.4, 0.5) is 0 Å². The molecule has 0 amide bonds. The van der Waals surface area contributed by atoms with Crippen molar-refractivity contribution in [2.75, 3.05) is 12.9 Å². The fourth-order valence-corrected chi connectivity index (χ4v) is 3.53. The van der Waals surface area contributed by atoms with Gasteiger partial charge < -0.3 is 4.74 Å². The van der Waals surface area contributed by atoms with E-state index in [9.17, 15) is 4.79 Å². The molecule has 2 rings (SSSR count). The van der Waals surface area contributed by atoms with Crippen molar-refractivity contribution in [2.24, 2.45) is 0 Å². The maximum atomic E-state index is 12.0. The first-order valence-electron chi connectivity index (χ1n) is 6.04. The van der Waals surface area contributed by atoms with Crippen LogP contribution in [0.25, 0.3) is 10.4 Å². The molecule has 19 heavy (non-hydrogen) atoms. The first kappa shape index (κ1) is 14.1. The van der Waals surface area contributed by atoms with Gasteiger partial charge in [0.25, 0.3) is 0 Å². The highest BCUT2D eigenvalue weighted by atomic mass is 32.2. The number of hydrogen-bond acceptors (Lipinski definition) is 5. The molecular formula is C14H15NO2S2. The third-order valence-corrected chi connectivity index (χ3v) is 4.72. The van der Waals surface area contributed by atoms with Crippen LogP contribution in [0.2, 0.25) is 0 Å². The molecule has 1 aromatic carbocycles. The van der Waals surface area contributed by atoms with Gasteiger partial charge in [-0.25, -0.2) is 4.79 Å². The smallest absolute Gasteiger partial charge is 0.342 e. The zero-order valence-electron chi connectivity index (χ0n) is 10.9. The van der Waals surface area contributed by atoms with Crippen LogP contribution < -0.4 is 0 Å². The van der Waals surface area contributed by atoms with E-state index in [0.29, 0.717) is 5.56 Å². The Kier molecular flexibility index (Phi) is 4.99. The Morgan fingerprint density at radius 3 is 2.74 bits per heavy atom. The number of benzene rings is 1. The molecule has 0 aliphatic heterocycles. The number of methoxy groups -OCH3 is 1. The molecule has 3 nitrogen and oxygen atoms in total. The molecule has 0 aliphatic carbocycles. The van der Waals surface area contributed by atoms with Gasteiger partial charge >= 0.3 is 5.97 Å². The molecule has 0 radical (unpaired) electrons. The standard InChI is InChI=1S/C14H15NO2S2/c1-3-9-18-13-11(14(16)17-2)12(19-15-13)10-7-5-4-6-8-10/h4-8H,3,9H2,1-2H3. The second-order valence-corrected chi connectivity index (χ2v) is 5.75. The molecule has 1 heterocycles. The monoisotopic (exact) mass is 293 g/mol. The Morgan fingerprint density at radius 2 is 2.11 bits per heavy atom. The highest BCUT2D eigenvalue weighted by molar-refractivity contribution is 7.99. The van der Waals surface area contributed by atoms with Crippen molar-refractivity contribution >= 4 is 29.3 Å². The normalized spacial score (nSPS) is 10.4. The van der Waals surface area contributed by atoms with Gasteiger partial charge in [-0.1, -0.05) is 37.3 Å². The van der Waals surface area contributed by atoms with E-state index in [0.717, 1.165) is 27.6 Å². The molecular weight excluding hydrogens is 278 g/mol. The minimum absolute atomic E-state index is 0.314. The van der Waals surface area contributed by atoms with Crippen LogP contribution in [0.3, 0.4) is 0 Å². The zero-order chi connectivity index (χ0) is 13.7. The van der Waals surface area contributed by atoms with E-state index in [4.69, 9.17) is 4.74 Å². The predicted molar refractivity (Wildman–Crippen MR) is 79.9 cm³/mol. The quantitative estimate of drug-likeness (QED) is 0.614. The van der Waals surface area contributed by atoms with Crippen LogP contribution in [0.1, 0.15) is 23.7 Å². The summed E-state index contributed by atoms with van der Waals surface area (Å²) in [5.41, 5.74) is 1.60. The molecule has 5 heteroatoms. The highest BCUT2D eigenvalue weighted by Crippen LogP contribution is 2.35. The molecule has 0 saturated heterocycles. The second kappa shape index (κ2) is 6.73. The summed E-state index contributed by atoms with van der Waals surface area (Å²) < 4.78 is 9.29. The highest BCUT2D eigenvalue weighted by Gasteiger charge is 2.22. The SMILES string of the molecule is CCCSc1nsc(-c2ccccc2)c1C(=O)OC. The van der Waals surface area contributed by atoms with Gasteiger partial charge in [-0.3, -0.25) is 0 Å². The van der Waals surface area contributed by atoms with Crippen molar-refractivity contribution < 1.29 is 9.53 Å². The van der Waals surface area contributed by atoms with Crippen molar-refractivity contribution in [2.45, 2.75) is 18.4 Å². The number of aromatic nitrogens is 1. The first-order valence-corrected chi connectivity index (χ1v) is 7.80. The van der Waals surface area contributed by atoms with Crippen molar-refractivity contribution in [1.29, 1.82) is 0 Å². The summed E-state index contributed by atoms with van der Waals surface area (Å²) in [5.74, 6) is 0.633. The molecule has 0 N–H and O–H groups in total. The van der Waals surface area contributed by atoms with E-state index in [1.54, 1.807) is 11.8 Å². The maximum Gasteiger partial charge on any atom is 0.342 e. The molecule has 1 aromatic heterocycles.